The molecule has 0 fully saturated rings. The van der Waals surface area contributed by atoms with Crippen LogP contribution in [0.3, 0.4) is 0 Å². The Kier molecular flexibility index (Phi) is 38.7. The molecular formula is C46H78O4. The second-order valence-corrected chi connectivity index (χ2v) is 13.8. The van der Waals surface area contributed by atoms with Gasteiger partial charge in [0.2, 0.25) is 0 Å². The maximum absolute atomic E-state index is 12.7. The van der Waals surface area contributed by atoms with Gasteiger partial charge in [-0.2, -0.15) is 0 Å². The number of aliphatic carboxylic acids is 1. The van der Waals surface area contributed by atoms with Crippen molar-refractivity contribution in [3.63, 3.8) is 0 Å². The fourth-order valence-electron chi connectivity index (χ4n) is 5.89. The van der Waals surface area contributed by atoms with E-state index in [1.165, 1.54) is 70.6 Å². The summed E-state index contributed by atoms with van der Waals surface area (Å²) in [4.78, 5) is 23.3. The Balaban J connectivity index is 4.08. The van der Waals surface area contributed by atoms with Gasteiger partial charge in [0, 0.05) is 12.8 Å². The number of carboxylic acid groups (broad SMARTS) is 1. The van der Waals surface area contributed by atoms with E-state index in [0.29, 0.717) is 12.8 Å². The number of esters is 1. The number of unbranched alkanes of at least 4 members (excludes halogenated alkanes) is 16. The van der Waals surface area contributed by atoms with E-state index in [2.05, 4.69) is 86.8 Å². The summed E-state index contributed by atoms with van der Waals surface area (Å²) in [5, 5.41) is 8.73. The molecular weight excluding hydrogens is 617 g/mol. The van der Waals surface area contributed by atoms with Crippen molar-refractivity contribution in [2.75, 3.05) is 0 Å². The van der Waals surface area contributed by atoms with Gasteiger partial charge in [0.05, 0.1) is 0 Å². The normalized spacial score (nSPS) is 13.0. The van der Waals surface area contributed by atoms with E-state index in [4.69, 9.17) is 9.84 Å². The van der Waals surface area contributed by atoms with E-state index in [1.54, 1.807) is 0 Å². The summed E-state index contributed by atoms with van der Waals surface area (Å²) in [6, 6.07) is 0. The Bertz CT molecular complexity index is 922. The first kappa shape index (κ1) is 47.4. The Morgan fingerprint density at radius 2 is 0.840 bits per heavy atom. The molecule has 286 valence electrons. The van der Waals surface area contributed by atoms with Gasteiger partial charge in [0.15, 0.2) is 0 Å². The third kappa shape index (κ3) is 39.8. The zero-order chi connectivity index (χ0) is 36.4. The van der Waals surface area contributed by atoms with Gasteiger partial charge < -0.3 is 9.84 Å². The zero-order valence-electron chi connectivity index (χ0n) is 32.7. The Morgan fingerprint density at radius 1 is 0.460 bits per heavy atom. The summed E-state index contributed by atoms with van der Waals surface area (Å²) in [5.41, 5.74) is 0. The predicted octanol–water partition coefficient (Wildman–Crippen LogP) is 14.7. The van der Waals surface area contributed by atoms with E-state index >= 15 is 0 Å². The molecule has 0 aromatic carbocycles. The third-order valence-corrected chi connectivity index (χ3v) is 8.94. The van der Waals surface area contributed by atoms with E-state index < -0.39 is 5.97 Å². The molecule has 0 amide bonds. The van der Waals surface area contributed by atoms with Crippen molar-refractivity contribution in [2.24, 2.45) is 0 Å². The average Bonchev–Trinajstić information content (AvgIpc) is 3.10. The number of ether oxygens (including phenoxy) is 1. The van der Waals surface area contributed by atoms with Crippen molar-refractivity contribution in [1.82, 2.24) is 0 Å². The lowest BCUT2D eigenvalue weighted by Gasteiger charge is -2.18. The molecule has 0 radical (unpaired) electrons. The molecule has 50 heavy (non-hydrogen) atoms. The molecule has 0 aliphatic heterocycles. The first-order chi connectivity index (χ1) is 24.6. The van der Waals surface area contributed by atoms with Crippen LogP contribution in [0.5, 0.6) is 0 Å². The van der Waals surface area contributed by atoms with Crippen LogP contribution in [0.2, 0.25) is 0 Å². The predicted molar refractivity (Wildman–Crippen MR) is 218 cm³/mol. The van der Waals surface area contributed by atoms with Crippen LogP contribution in [-0.4, -0.2) is 23.1 Å². The van der Waals surface area contributed by atoms with E-state index in [1.807, 2.05) is 0 Å². The first-order valence-electron chi connectivity index (χ1n) is 20.9. The maximum atomic E-state index is 12.7. The van der Waals surface area contributed by atoms with Crippen LogP contribution < -0.4 is 0 Å². The van der Waals surface area contributed by atoms with Crippen LogP contribution in [0.15, 0.2) is 72.9 Å². The highest BCUT2D eigenvalue weighted by atomic mass is 16.5. The quantitative estimate of drug-likeness (QED) is 0.0399. The minimum atomic E-state index is -0.683. The van der Waals surface area contributed by atoms with Crippen molar-refractivity contribution >= 4 is 11.9 Å². The number of rotatable bonds is 37. The molecule has 0 aliphatic rings. The van der Waals surface area contributed by atoms with E-state index in [9.17, 15) is 9.59 Å². The number of hydrogen-bond acceptors (Lipinski definition) is 3. The number of carbonyl (C=O) groups is 2. The maximum Gasteiger partial charge on any atom is 0.306 e. The molecule has 0 heterocycles. The van der Waals surface area contributed by atoms with Crippen molar-refractivity contribution in [1.29, 1.82) is 0 Å². The summed E-state index contributed by atoms with van der Waals surface area (Å²) < 4.78 is 6.02. The molecule has 4 heteroatoms. The van der Waals surface area contributed by atoms with Crippen molar-refractivity contribution in [2.45, 2.75) is 206 Å². The summed E-state index contributed by atoms with van der Waals surface area (Å²) in [5.74, 6) is -0.693. The second-order valence-electron chi connectivity index (χ2n) is 13.8. The lowest BCUT2D eigenvalue weighted by Crippen LogP contribution is -2.18. The fraction of sp³-hybridized carbons (Fsp3) is 0.696. The Morgan fingerprint density at radius 3 is 1.28 bits per heavy atom. The fourth-order valence-corrected chi connectivity index (χ4v) is 5.89. The van der Waals surface area contributed by atoms with Gasteiger partial charge >= 0.3 is 11.9 Å². The standard InChI is InChI=1S/C46H78O4/c1-3-5-7-9-11-12-13-14-15-16-17-18-19-20-21-22-23-27-31-35-39-43-46(49)50-44(40-36-32-28-10-8-6-4-2)41-37-33-29-25-24-26-30-34-38-42-45(47)48/h5,7,11-12,14-15,17-18,20-21,23,27,44H,3-4,6,8-10,13,16,19,22,24-26,28-43H2,1-2H3,(H,47,48)/b7-5-,12-11-,15-14-,18-17-,21-20-,27-23-. The van der Waals surface area contributed by atoms with Gasteiger partial charge in [0.1, 0.15) is 6.10 Å². The summed E-state index contributed by atoms with van der Waals surface area (Å²) in [7, 11) is 0. The van der Waals surface area contributed by atoms with Gasteiger partial charge in [-0.05, 0) is 89.9 Å². The van der Waals surface area contributed by atoms with Crippen molar-refractivity contribution in [3.05, 3.63) is 72.9 Å². The third-order valence-electron chi connectivity index (χ3n) is 8.94. The van der Waals surface area contributed by atoms with Crippen LogP contribution >= 0.6 is 0 Å². The molecule has 0 aliphatic carbocycles. The van der Waals surface area contributed by atoms with Crippen LogP contribution in [0, 0.1) is 0 Å². The lowest BCUT2D eigenvalue weighted by atomic mass is 10.0. The van der Waals surface area contributed by atoms with E-state index in [0.717, 1.165) is 103 Å². The number of carbonyl (C=O) groups excluding carboxylic acids is 1. The average molecular weight is 695 g/mol. The smallest absolute Gasteiger partial charge is 0.306 e. The molecule has 1 unspecified atom stereocenters. The van der Waals surface area contributed by atoms with Crippen LogP contribution in [-0.2, 0) is 14.3 Å². The molecule has 0 aromatic rings. The number of allylic oxidation sites excluding steroid dienone is 12. The van der Waals surface area contributed by atoms with Gasteiger partial charge in [-0.3, -0.25) is 9.59 Å². The highest BCUT2D eigenvalue weighted by Crippen LogP contribution is 2.19. The van der Waals surface area contributed by atoms with E-state index in [-0.39, 0.29) is 12.1 Å². The molecule has 0 saturated heterocycles. The molecule has 1 atom stereocenters. The summed E-state index contributed by atoms with van der Waals surface area (Å²) in [6.45, 7) is 4.42. The summed E-state index contributed by atoms with van der Waals surface area (Å²) >= 11 is 0. The highest BCUT2D eigenvalue weighted by molar-refractivity contribution is 5.69. The molecule has 0 aromatic heterocycles. The number of hydrogen-bond donors (Lipinski definition) is 1. The Labute approximate surface area is 309 Å². The Hall–Kier alpha value is -2.62. The first-order valence-corrected chi connectivity index (χ1v) is 20.9. The van der Waals surface area contributed by atoms with Gasteiger partial charge in [-0.1, -0.05) is 170 Å². The van der Waals surface area contributed by atoms with Crippen LogP contribution in [0.25, 0.3) is 0 Å². The molecule has 4 nitrogen and oxygen atoms in total. The monoisotopic (exact) mass is 695 g/mol. The number of carboxylic acids is 1. The molecule has 0 spiro atoms. The molecule has 0 rings (SSSR count). The second kappa shape index (κ2) is 40.8. The lowest BCUT2D eigenvalue weighted by molar-refractivity contribution is -0.150. The molecule has 0 saturated carbocycles. The molecule has 1 N–H and O–H groups in total. The minimum absolute atomic E-state index is 0.0106. The highest BCUT2D eigenvalue weighted by Gasteiger charge is 2.14. The van der Waals surface area contributed by atoms with Gasteiger partial charge in [0.25, 0.3) is 0 Å². The van der Waals surface area contributed by atoms with Crippen LogP contribution in [0.4, 0.5) is 0 Å². The minimum Gasteiger partial charge on any atom is -0.481 e. The van der Waals surface area contributed by atoms with Gasteiger partial charge in [-0.25, -0.2) is 0 Å². The van der Waals surface area contributed by atoms with Crippen LogP contribution in [0.1, 0.15) is 200 Å². The SMILES string of the molecule is CC/C=C\C/C=C\C/C=C\C/C=C\C/C=C\C/C=C\CCCCC(=O)OC(CCCCCCCCC)CCCCCCCCCCCC(=O)O. The van der Waals surface area contributed by atoms with Crippen molar-refractivity contribution in [3.8, 4) is 0 Å². The zero-order valence-corrected chi connectivity index (χ0v) is 32.7. The summed E-state index contributed by atoms with van der Waals surface area (Å²) in [6.07, 6.45) is 57.9. The molecule has 0 bridgehead atoms. The van der Waals surface area contributed by atoms with Gasteiger partial charge in [-0.15, -0.1) is 0 Å². The largest absolute Gasteiger partial charge is 0.481 e. The van der Waals surface area contributed by atoms with Crippen molar-refractivity contribution < 1.29 is 19.4 Å². The topological polar surface area (TPSA) is 63.6 Å².